The first-order valence-electron chi connectivity index (χ1n) is 8.64. The molecule has 6 heteroatoms. The summed E-state index contributed by atoms with van der Waals surface area (Å²) < 4.78 is 0. The van der Waals surface area contributed by atoms with Crippen LogP contribution in [0, 0.1) is 10.1 Å². The zero-order valence-corrected chi connectivity index (χ0v) is 13.5. The standard InChI is InChI=1S/C17H26N4O2/c18-16-5-1-2-6-17(16)19-13-4-3-11-20(12-13)14-7-9-15(10-8-14)21(22)23/h7-10,13,16-17,19H,1-6,11-12,18H2/t13-,16-,17-/m1/s1. The van der Waals surface area contributed by atoms with Crippen molar-refractivity contribution in [2.75, 3.05) is 18.0 Å². The Morgan fingerprint density at radius 1 is 1.13 bits per heavy atom. The van der Waals surface area contributed by atoms with E-state index in [1.807, 2.05) is 12.1 Å². The number of nitrogens with one attached hydrogen (secondary N) is 1. The number of rotatable bonds is 4. The Bertz CT molecular complexity index is 534. The van der Waals surface area contributed by atoms with Crippen LogP contribution in [0.15, 0.2) is 24.3 Å². The van der Waals surface area contributed by atoms with Gasteiger partial charge in [-0.15, -0.1) is 0 Å². The molecular weight excluding hydrogens is 292 g/mol. The normalized spacial score (nSPS) is 28.6. The molecule has 0 aromatic heterocycles. The third kappa shape index (κ3) is 4.00. The lowest BCUT2D eigenvalue weighted by molar-refractivity contribution is -0.384. The summed E-state index contributed by atoms with van der Waals surface area (Å²) in [5.41, 5.74) is 7.46. The van der Waals surface area contributed by atoms with E-state index >= 15 is 0 Å². The number of nitrogens with two attached hydrogens (primary N) is 1. The zero-order chi connectivity index (χ0) is 16.2. The van der Waals surface area contributed by atoms with Crippen LogP contribution in [0.5, 0.6) is 0 Å². The second-order valence-electron chi connectivity index (χ2n) is 6.78. The number of nitrogens with zero attached hydrogens (tertiary/aromatic N) is 2. The van der Waals surface area contributed by atoms with Gasteiger partial charge in [-0.05, 0) is 37.8 Å². The minimum Gasteiger partial charge on any atom is -0.370 e. The maximum atomic E-state index is 10.8. The third-order valence-electron chi connectivity index (χ3n) is 5.12. The van der Waals surface area contributed by atoms with E-state index in [2.05, 4.69) is 10.2 Å². The molecule has 23 heavy (non-hydrogen) atoms. The lowest BCUT2D eigenvalue weighted by Gasteiger charge is -2.39. The first kappa shape index (κ1) is 16.2. The summed E-state index contributed by atoms with van der Waals surface area (Å²) in [6.07, 6.45) is 7.12. The molecule has 126 valence electrons. The van der Waals surface area contributed by atoms with Crippen molar-refractivity contribution >= 4 is 11.4 Å². The molecule has 1 aromatic carbocycles. The van der Waals surface area contributed by atoms with Crippen LogP contribution in [-0.4, -0.2) is 36.1 Å². The summed E-state index contributed by atoms with van der Waals surface area (Å²) in [5, 5.41) is 14.5. The Morgan fingerprint density at radius 3 is 2.57 bits per heavy atom. The van der Waals surface area contributed by atoms with Crippen molar-refractivity contribution in [3.8, 4) is 0 Å². The highest BCUT2D eigenvalue weighted by Crippen LogP contribution is 2.24. The van der Waals surface area contributed by atoms with Crippen molar-refractivity contribution < 1.29 is 4.92 Å². The first-order valence-corrected chi connectivity index (χ1v) is 8.64. The summed E-state index contributed by atoms with van der Waals surface area (Å²) in [6.45, 7) is 1.95. The van der Waals surface area contributed by atoms with Crippen molar-refractivity contribution in [2.45, 2.75) is 56.7 Å². The van der Waals surface area contributed by atoms with Gasteiger partial charge in [0.05, 0.1) is 4.92 Å². The van der Waals surface area contributed by atoms with Gasteiger partial charge in [0, 0.05) is 49.0 Å². The molecule has 0 radical (unpaired) electrons. The van der Waals surface area contributed by atoms with E-state index in [0.29, 0.717) is 12.1 Å². The van der Waals surface area contributed by atoms with Crippen LogP contribution in [0.2, 0.25) is 0 Å². The topological polar surface area (TPSA) is 84.4 Å². The van der Waals surface area contributed by atoms with E-state index < -0.39 is 0 Å². The zero-order valence-electron chi connectivity index (χ0n) is 13.5. The van der Waals surface area contributed by atoms with E-state index in [-0.39, 0.29) is 16.7 Å². The van der Waals surface area contributed by atoms with E-state index in [9.17, 15) is 10.1 Å². The fraction of sp³-hybridized carbons (Fsp3) is 0.647. The van der Waals surface area contributed by atoms with E-state index in [1.165, 1.54) is 25.7 Å². The molecule has 1 aliphatic heterocycles. The summed E-state index contributed by atoms with van der Waals surface area (Å²) in [4.78, 5) is 12.7. The van der Waals surface area contributed by atoms with Crippen molar-refractivity contribution in [3.63, 3.8) is 0 Å². The summed E-state index contributed by atoms with van der Waals surface area (Å²) >= 11 is 0. The highest BCUT2D eigenvalue weighted by molar-refractivity contribution is 5.51. The Hall–Kier alpha value is -1.66. The molecule has 1 saturated heterocycles. The number of hydrogen-bond acceptors (Lipinski definition) is 5. The van der Waals surface area contributed by atoms with Crippen LogP contribution in [0.1, 0.15) is 38.5 Å². The third-order valence-corrected chi connectivity index (χ3v) is 5.12. The number of nitro groups is 1. The Labute approximate surface area is 137 Å². The van der Waals surface area contributed by atoms with E-state index in [4.69, 9.17) is 5.73 Å². The molecule has 0 unspecified atom stereocenters. The van der Waals surface area contributed by atoms with Crippen LogP contribution in [0.25, 0.3) is 0 Å². The molecule has 2 fully saturated rings. The SMILES string of the molecule is N[C@@H]1CCCC[C@H]1N[C@@H]1CCCN(c2ccc([N+](=O)[O-])cc2)C1. The molecule has 3 N–H and O–H groups in total. The molecule has 3 atom stereocenters. The van der Waals surface area contributed by atoms with Crippen LogP contribution in [-0.2, 0) is 0 Å². The summed E-state index contributed by atoms with van der Waals surface area (Å²) in [5.74, 6) is 0. The maximum Gasteiger partial charge on any atom is 0.269 e. The molecule has 3 rings (SSSR count). The molecule has 0 amide bonds. The molecule has 1 aliphatic carbocycles. The van der Waals surface area contributed by atoms with Crippen LogP contribution < -0.4 is 16.0 Å². The predicted molar refractivity (Wildman–Crippen MR) is 91.7 cm³/mol. The number of anilines is 1. The second kappa shape index (κ2) is 7.27. The van der Waals surface area contributed by atoms with Gasteiger partial charge in [0.25, 0.3) is 5.69 Å². The summed E-state index contributed by atoms with van der Waals surface area (Å²) in [7, 11) is 0. The summed E-state index contributed by atoms with van der Waals surface area (Å²) in [6, 6.07) is 8.05. The van der Waals surface area contributed by atoms with Gasteiger partial charge in [-0.25, -0.2) is 0 Å². The van der Waals surface area contributed by atoms with Gasteiger partial charge in [0.15, 0.2) is 0 Å². The Balaban J connectivity index is 1.60. The Morgan fingerprint density at radius 2 is 1.87 bits per heavy atom. The Kier molecular flexibility index (Phi) is 5.13. The predicted octanol–water partition coefficient (Wildman–Crippen LogP) is 2.42. The van der Waals surface area contributed by atoms with Crippen LogP contribution in [0.4, 0.5) is 11.4 Å². The van der Waals surface area contributed by atoms with Crippen molar-refractivity contribution in [3.05, 3.63) is 34.4 Å². The van der Waals surface area contributed by atoms with Gasteiger partial charge in [0.1, 0.15) is 0 Å². The van der Waals surface area contributed by atoms with E-state index in [1.54, 1.807) is 12.1 Å². The largest absolute Gasteiger partial charge is 0.370 e. The number of non-ortho nitro benzene ring substituents is 1. The average molecular weight is 318 g/mol. The lowest BCUT2D eigenvalue weighted by atomic mass is 9.89. The van der Waals surface area contributed by atoms with Gasteiger partial charge < -0.3 is 16.0 Å². The van der Waals surface area contributed by atoms with Crippen LogP contribution in [0.3, 0.4) is 0 Å². The molecule has 6 nitrogen and oxygen atoms in total. The van der Waals surface area contributed by atoms with E-state index in [0.717, 1.165) is 31.6 Å². The van der Waals surface area contributed by atoms with Crippen molar-refractivity contribution in [1.82, 2.24) is 5.32 Å². The second-order valence-corrected chi connectivity index (χ2v) is 6.78. The minimum absolute atomic E-state index is 0.147. The molecule has 1 saturated carbocycles. The van der Waals surface area contributed by atoms with Gasteiger partial charge in [0.2, 0.25) is 0 Å². The number of hydrogen-bond donors (Lipinski definition) is 2. The van der Waals surface area contributed by atoms with Crippen molar-refractivity contribution in [2.24, 2.45) is 5.73 Å². The minimum atomic E-state index is -0.352. The highest BCUT2D eigenvalue weighted by Gasteiger charge is 2.27. The monoisotopic (exact) mass is 318 g/mol. The molecule has 1 aromatic rings. The van der Waals surface area contributed by atoms with Gasteiger partial charge >= 0.3 is 0 Å². The average Bonchev–Trinajstić information content (AvgIpc) is 2.57. The van der Waals surface area contributed by atoms with Gasteiger partial charge in [-0.3, -0.25) is 10.1 Å². The fourth-order valence-corrected chi connectivity index (χ4v) is 3.80. The number of piperidine rings is 1. The molecule has 0 spiro atoms. The molecular formula is C17H26N4O2. The quantitative estimate of drug-likeness (QED) is 0.658. The number of benzene rings is 1. The highest BCUT2D eigenvalue weighted by atomic mass is 16.6. The number of nitro benzene ring substituents is 1. The van der Waals surface area contributed by atoms with Gasteiger partial charge in [-0.2, -0.15) is 0 Å². The molecule has 2 aliphatic rings. The van der Waals surface area contributed by atoms with Gasteiger partial charge in [-0.1, -0.05) is 12.8 Å². The lowest BCUT2D eigenvalue weighted by Crippen LogP contribution is -2.55. The first-order chi connectivity index (χ1) is 11.1. The van der Waals surface area contributed by atoms with Crippen molar-refractivity contribution in [1.29, 1.82) is 0 Å². The molecule has 0 bridgehead atoms. The fourth-order valence-electron chi connectivity index (χ4n) is 3.80. The molecule has 1 heterocycles. The smallest absolute Gasteiger partial charge is 0.269 e. The van der Waals surface area contributed by atoms with Crippen LogP contribution >= 0.6 is 0 Å². The maximum absolute atomic E-state index is 10.8.